The summed E-state index contributed by atoms with van der Waals surface area (Å²) in [5, 5.41) is 2.58. The highest BCUT2D eigenvalue weighted by atomic mass is 35.5. The van der Waals surface area contributed by atoms with Crippen molar-refractivity contribution in [1.82, 2.24) is 5.32 Å². The lowest BCUT2D eigenvalue weighted by Crippen LogP contribution is -2.35. The number of hydrogen-bond donors (Lipinski definition) is 1. The maximum Gasteiger partial charge on any atom is 0.408 e. The fraction of sp³-hybridized carbons (Fsp3) is 0.364. The van der Waals surface area contributed by atoms with E-state index in [1.165, 1.54) is 18.2 Å². The van der Waals surface area contributed by atoms with Gasteiger partial charge < -0.3 is 19.5 Å². The third-order valence-corrected chi connectivity index (χ3v) is 4.41. The van der Waals surface area contributed by atoms with Gasteiger partial charge in [-0.1, -0.05) is 24.6 Å². The molecule has 0 saturated heterocycles. The van der Waals surface area contributed by atoms with E-state index in [1.807, 2.05) is 0 Å². The Hall–Kier alpha value is -2.87. The van der Waals surface area contributed by atoms with Crippen LogP contribution in [0, 0.1) is 11.6 Å². The quantitative estimate of drug-likeness (QED) is 0.527. The molecule has 0 aromatic heterocycles. The van der Waals surface area contributed by atoms with E-state index in [2.05, 4.69) is 10.1 Å². The lowest BCUT2D eigenvalue weighted by atomic mass is 10.0. The molecule has 1 amide bonds. The molecule has 9 heteroatoms. The molecule has 0 spiro atoms. The Morgan fingerprint density at radius 3 is 2.42 bits per heavy atom. The number of rotatable bonds is 6. The van der Waals surface area contributed by atoms with E-state index in [1.54, 1.807) is 27.7 Å². The minimum absolute atomic E-state index is 0.0205. The van der Waals surface area contributed by atoms with Crippen LogP contribution in [0.1, 0.15) is 56.1 Å². The van der Waals surface area contributed by atoms with E-state index < -0.39 is 35.3 Å². The highest BCUT2D eigenvalue weighted by Gasteiger charge is 2.25. The van der Waals surface area contributed by atoms with Gasteiger partial charge in [0, 0.05) is 5.56 Å². The number of halogens is 3. The summed E-state index contributed by atoms with van der Waals surface area (Å²) in [5.41, 5.74) is -0.955. The predicted octanol–water partition coefficient (Wildman–Crippen LogP) is 6.17. The zero-order chi connectivity index (χ0) is 23.3. The monoisotopic (exact) mass is 455 g/mol. The third-order valence-electron chi connectivity index (χ3n) is 4.12. The van der Waals surface area contributed by atoms with Crippen LogP contribution in [0.25, 0.3) is 0 Å². The van der Waals surface area contributed by atoms with E-state index in [0.717, 1.165) is 19.2 Å². The number of hydrogen-bond acceptors (Lipinski definition) is 5. The standard InChI is InChI=1S/C22H24ClF2NO5/c1-6-17(26-21(28)31-22(2,3)4)13-8-9-15(23)19(18(13)25)30-12-7-10-16(24)14(11-12)20(27)29-5/h7-11,17H,6H2,1-5H3,(H,26,28)/t17-/m1/s1. The minimum Gasteiger partial charge on any atom is -0.465 e. The summed E-state index contributed by atoms with van der Waals surface area (Å²) in [5.74, 6) is -2.87. The third kappa shape index (κ3) is 6.30. The molecule has 0 saturated carbocycles. The molecule has 0 unspecified atom stereocenters. The van der Waals surface area contributed by atoms with Crippen molar-refractivity contribution in [3.8, 4) is 11.5 Å². The predicted molar refractivity (Wildman–Crippen MR) is 112 cm³/mol. The summed E-state index contributed by atoms with van der Waals surface area (Å²) < 4.78 is 44.4. The van der Waals surface area contributed by atoms with Gasteiger partial charge in [0.1, 0.15) is 17.2 Å². The normalized spacial score (nSPS) is 12.1. The lowest BCUT2D eigenvalue weighted by Gasteiger charge is -2.24. The lowest BCUT2D eigenvalue weighted by molar-refractivity contribution is 0.0500. The number of amides is 1. The van der Waals surface area contributed by atoms with Gasteiger partial charge >= 0.3 is 12.1 Å². The summed E-state index contributed by atoms with van der Waals surface area (Å²) in [6, 6.07) is 5.43. The number of benzene rings is 2. The van der Waals surface area contributed by atoms with Crippen LogP contribution in [0.3, 0.4) is 0 Å². The van der Waals surface area contributed by atoms with Gasteiger partial charge in [-0.2, -0.15) is 0 Å². The van der Waals surface area contributed by atoms with E-state index in [9.17, 15) is 14.0 Å². The molecule has 0 heterocycles. The molecule has 0 aliphatic rings. The van der Waals surface area contributed by atoms with Crippen LogP contribution >= 0.6 is 11.6 Å². The summed E-state index contributed by atoms with van der Waals surface area (Å²) in [6.07, 6.45) is -0.335. The maximum atomic E-state index is 15.3. The Kier molecular flexibility index (Phi) is 7.84. The van der Waals surface area contributed by atoms with Crippen LogP contribution in [0.15, 0.2) is 30.3 Å². The summed E-state index contributed by atoms with van der Waals surface area (Å²) in [7, 11) is 1.11. The van der Waals surface area contributed by atoms with Gasteiger partial charge in [-0.3, -0.25) is 0 Å². The Morgan fingerprint density at radius 2 is 1.84 bits per heavy atom. The van der Waals surface area contributed by atoms with Crippen LogP contribution in [-0.2, 0) is 9.47 Å². The fourth-order valence-corrected chi connectivity index (χ4v) is 2.90. The van der Waals surface area contributed by atoms with E-state index >= 15 is 4.39 Å². The molecule has 1 N–H and O–H groups in total. The first-order valence-corrected chi connectivity index (χ1v) is 9.87. The number of carbonyl (C=O) groups is 2. The molecule has 0 aliphatic heterocycles. The molecular weight excluding hydrogens is 432 g/mol. The zero-order valence-corrected chi connectivity index (χ0v) is 18.6. The molecule has 168 valence electrons. The molecule has 0 bridgehead atoms. The minimum atomic E-state index is -0.907. The van der Waals surface area contributed by atoms with E-state index in [-0.39, 0.29) is 27.6 Å². The van der Waals surface area contributed by atoms with Crippen LogP contribution < -0.4 is 10.1 Å². The van der Waals surface area contributed by atoms with E-state index in [4.69, 9.17) is 21.1 Å². The van der Waals surface area contributed by atoms with Gasteiger partial charge in [0.15, 0.2) is 11.6 Å². The SMILES string of the molecule is CC[C@@H](NC(=O)OC(C)(C)C)c1ccc(Cl)c(Oc2ccc(F)c(C(=O)OC)c2)c1F. The maximum absolute atomic E-state index is 15.3. The number of carbonyl (C=O) groups excluding carboxylic acids is 2. The molecule has 0 fully saturated rings. The topological polar surface area (TPSA) is 73.9 Å². The molecule has 0 aliphatic carbocycles. The molecule has 1 atom stereocenters. The highest BCUT2D eigenvalue weighted by Crippen LogP contribution is 2.37. The zero-order valence-electron chi connectivity index (χ0n) is 17.8. The second-order valence-corrected chi connectivity index (χ2v) is 8.03. The van der Waals surface area contributed by atoms with Crippen molar-refractivity contribution < 1.29 is 32.6 Å². The Balaban J connectivity index is 2.36. The summed E-state index contributed by atoms with van der Waals surface area (Å²) >= 11 is 6.11. The number of nitrogens with one attached hydrogen (secondary N) is 1. The number of alkyl carbamates (subject to hydrolysis) is 1. The first kappa shape index (κ1) is 24.4. The number of ether oxygens (including phenoxy) is 3. The Morgan fingerprint density at radius 1 is 1.16 bits per heavy atom. The van der Waals surface area contributed by atoms with Crippen molar-refractivity contribution in [3.63, 3.8) is 0 Å². The Labute approximate surface area is 184 Å². The Bertz CT molecular complexity index is 975. The first-order valence-electron chi connectivity index (χ1n) is 9.50. The average Bonchev–Trinajstić information content (AvgIpc) is 2.69. The van der Waals surface area contributed by atoms with Gasteiger partial charge in [0.25, 0.3) is 0 Å². The number of methoxy groups -OCH3 is 1. The van der Waals surface area contributed by atoms with Gasteiger partial charge in [0.05, 0.1) is 23.7 Å². The van der Waals surface area contributed by atoms with Crippen molar-refractivity contribution in [1.29, 1.82) is 0 Å². The van der Waals surface area contributed by atoms with Crippen molar-refractivity contribution in [2.75, 3.05) is 7.11 Å². The average molecular weight is 456 g/mol. The second-order valence-electron chi connectivity index (χ2n) is 7.62. The molecular formula is C22H24ClF2NO5. The van der Waals surface area contributed by atoms with Crippen LogP contribution in [-0.4, -0.2) is 24.8 Å². The van der Waals surface area contributed by atoms with Crippen molar-refractivity contribution in [3.05, 3.63) is 58.1 Å². The molecule has 2 aromatic rings. The fourth-order valence-electron chi connectivity index (χ4n) is 2.71. The van der Waals surface area contributed by atoms with E-state index in [0.29, 0.717) is 6.42 Å². The molecule has 31 heavy (non-hydrogen) atoms. The summed E-state index contributed by atoms with van der Waals surface area (Å²) in [6.45, 7) is 6.91. The summed E-state index contributed by atoms with van der Waals surface area (Å²) in [4.78, 5) is 23.8. The molecule has 2 aromatic carbocycles. The van der Waals surface area contributed by atoms with Gasteiger partial charge in [-0.25, -0.2) is 18.4 Å². The second kappa shape index (κ2) is 9.96. The largest absolute Gasteiger partial charge is 0.465 e. The van der Waals surface area contributed by atoms with Crippen molar-refractivity contribution in [2.24, 2.45) is 0 Å². The smallest absolute Gasteiger partial charge is 0.408 e. The molecule has 2 rings (SSSR count). The van der Waals surface area contributed by atoms with Gasteiger partial charge in [0.2, 0.25) is 0 Å². The first-order chi connectivity index (χ1) is 14.5. The van der Waals surface area contributed by atoms with Crippen LogP contribution in [0.4, 0.5) is 13.6 Å². The molecule has 0 radical (unpaired) electrons. The van der Waals surface area contributed by atoms with Crippen LogP contribution in [0.5, 0.6) is 11.5 Å². The van der Waals surface area contributed by atoms with Crippen molar-refractivity contribution in [2.45, 2.75) is 45.8 Å². The van der Waals surface area contributed by atoms with Gasteiger partial charge in [-0.05, 0) is 51.5 Å². The number of esters is 1. The van der Waals surface area contributed by atoms with Crippen molar-refractivity contribution >= 4 is 23.7 Å². The van der Waals surface area contributed by atoms with Gasteiger partial charge in [-0.15, -0.1) is 0 Å². The van der Waals surface area contributed by atoms with Crippen LogP contribution in [0.2, 0.25) is 5.02 Å². The highest BCUT2D eigenvalue weighted by molar-refractivity contribution is 6.32. The molecule has 6 nitrogen and oxygen atoms in total.